The first-order valence-corrected chi connectivity index (χ1v) is 11.6. The molecular formula is C23H16ClF3N6O2S. The number of nitrogens with one attached hydrogen (secondary N) is 1. The van der Waals surface area contributed by atoms with Crippen LogP contribution in [0.25, 0.3) is 11.3 Å². The van der Waals surface area contributed by atoms with Gasteiger partial charge in [-0.25, -0.2) is 19.9 Å². The van der Waals surface area contributed by atoms with Crippen LogP contribution >= 0.6 is 22.9 Å². The van der Waals surface area contributed by atoms with Gasteiger partial charge in [0, 0.05) is 36.5 Å². The van der Waals surface area contributed by atoms with E-state index in [2.05, 4.69) is 30.2 Å². The Morgan fingerprint density at radius 2 is 1.83 bits per heavy atom. The number of ketones is 1. The average Bonchev–Trinajstić information content (AvgIpc) is 3.36. The minimum absolute atomic E-state index is 0.0784. The molecule has 0 bridgehead atoms. The lowest BCUT2D eigenvalue weighted by Crippen LogP contribution is -2.13. The Kier molecular flexibility index (Phi) is 7.36. The molecule has 36 heavy (non-hydrogen) atoms. The second-order valence-electron chi connectivity index (χ2n) is 7.62. The minimum atomic E-state index is -4.69. The van der Waals surface area contributed by atoms with Crippen LogP contribution in [0.5, 0.6) is 0 Å². The first-order valence-electron chi connectivity index (χ1n) is 10.4. The van der Waals surface area contributed by atoms with E-state index in [-0.39, 0.29) is 34.5 Å². The number of halogens is 4. The number of hydrogen-bond acceptors (Lipinski definition) is 8. The van der Waals surface area contributed by atoms with Crippen LogP contribution in [-0.2, 0) is 6.18 Å². The van der Waals surface area contributed by atoms with Crippen LogP contribution in [0, 0.1) is 0 Å². The standard InChI is InChI=1S/C23H16ClF3N6O2S/c1-12(6-18(34)17-8-16(31-11-32-17)13-2-4-28-5-3-13)22-30-10-19(36-22)21(35)33-20-7-14(23(25,26)27)15(24)9-29-20/h2-5,7-12H,6H2,1H3,(H,29,33,35)/t12-/m0/s1. The molecule has 4 rings (SSSR count). The van der Waals surface area contributed by atoms with Gasteiger partial charge in [-0.1, -0.05) is 18.5 Å². The van der Waals surface area contributed by atoms with Gasteiger partial charge in [0.2, 0.25) is 0 Å². The van der Waals surface area contributed by atoms with Crippen LogP contribution in [0.3, 0.4) is 0 Å². The lowest BCUT2D eigenvalue weighted by molar-refractivity contribution is -0.137. The van der Waals surface area contributed by atoms with E-state index in [1.807, 2.05) is 0 Å². The van der Waals surface area contributed by atoms with Crippen molar-refractivity contribution >= 4 is 40.4 Å². The number of thiazole rings is 1. The molecule has 0 aliphatic rings. The van der Waals surface area contributed by atoms with Gasteiger partial charge in [0.25, 0.3) is 5.91 Å². The zero-order valence-corrected chi connectivity index (χ0v) is 20.0. The summed E-state index contributed by atoms with van der Waals surface area (Å²) < 4.78 is 39.1. The molecule has 0 saturated heterocycles. The van der Waals surface area contributed by atoms with E-state index in [4.69, 9.17) is 11.6 Å². The molecule has 4 heterocycles. The Morgan fingerprint density at radius 1 is 1.08 bits per heavy atom. The summed E-state index contributed by atoms with van der Waals surface area (Å²) in [6, 6.07) is 5.79. The minimum Gasteiger partial charge on any atom is -0.306 e. The maximum atomic E-state index is 13.0. The van der Waals surface area contributed by atoms with Crippen molar-refractivity contribution in [1.29, 1.82) is 0 Å². The number of amides is 1. The second kappa shape index (κ2) is 10.5. The Labute approximate surface area is 211 Å². The van der Waals surface area contributed by atoms with Gasteiger partial charge in [-0.2, -0.15) is 13.2 Å². The maximum absolute atomic E-state index is 13.0. The number of nitrogens with zero attached hydrogens (tertiary/aromatic N) is 5. The van der Waals surface area contributed by atoms with Crippen molar-refractivity contribution in [3.63, 3.8) is 0 Å². The Bertz CT molecular complexity index is 1410. The molecule has 4 aromatic heterocycles. The van der Waals surface area contributed by atoms with Crippen LogP contribution in [0.4, 0.5) is 19.0 Å². The highest BCUT2D eigenvalue weighted by molar-refractivity contribution is 7.13. The molecule has 0 aromatic carbocycles. The molecule has 0 radical (unpaired) electrons. The predicted octanol–water partition coefficient (Wildman–Crippen LogP) is 5.69. The molecular weight excluding hydrogens is 517 g/mol. The van der Waals surface area contributed by atoms with Gasteiger partial charge >= 0.3 is 6.18 Å². The number of carbonyl (C=O) groups is 2. The molecule has 13 heteroatoms. The highest BCUT2D eigenvalue weighted by Gasteiger charge is 2.34. The SMILES string of the molecule is C[C@@H](CC(=O)c1cc(-c2ccncc2)ncn1)c1ncc(C(=O)Nc2cc(C(F)(F)F)c(Cl)cn2)s1. The lowest BCUT2D eigenvalue weighted by atomic mass is 10.0. The summed E-state index contributed by atoms with van der Waals surface area (Å²) in [7, 11) is 0. The molecule has 4 aromatic rings. The number of rotatable bonds is 7. The number of hydrogen-bond donors (Lipinski definition) is 1. The third-order valence-electron chi connectivity index (χ3n) is 4.99. The second-order valence-corrected chi connectivity index (χ2v) is 9.09. The van der Waals surface area contributed by atoms with E-state index in [1.165, 1.54) is 12.5 Å². The summed E-state index contributed by atoms with van der Waals surface area (Å²) in [5, 5.41) is 2.25. The van der Waals surface area contributed by atoms with Crippen molar-refractivity contribution in [1.82, 2.24) is 24.9 Å². The van der Waals surface area contributed by atoms with Crippen molar-refractivity contribution in [2.75, 3.05) is 5.32 Å². The van der Waals surface area contributed by atoms with Crippen molar-refractivity contribution in [2.45, 2.75) is 25.4 Å². The summed E-state index contributed by atoms with van der Waals surface area (Å²) in [6.07, 6.45) is 2.05. The average molecular weight is 533 g/mol. The number of alkyl halides is 3. The fraction of sp³-hybridized carbons (Fsp3) is 0.174. The molecule has 8 nitrogen and oxygen atoms in total. The smallest absolute Gasteiger partial charge is 0.306 e. The molecule has 1 N–H and O–H groups in total. The number of pyridine rings is 2. The van der Waals surface area contributed by atoms with Gasteiger partial charge in [-0.05, 0) is 24.3 Å². The number of aromatic nitrogens is 5. The molecule has 0 saturated carbocycles. The highest BCUT2D eigenvalue weighted by Crippen LogP contribution is 2.35. The van der Waals surface area contributed by atoms with Crippen LogP contribution in [0.2, 0.25) is 5.02 Å². The molecule has 0 unspecified atom stereocenters. The normalized spacial score (nSPS) is 12.2. The quantitative estimate of drug-likeness (QED) is 0.304. The van der Waals surface area contributed by atoms with Crippen LogP contribution in [0.15, 0.2) is 55.4 Å². The molecule has 1 amide bonds. The van der Waals surface area contributed by atoms with E-state index >= 15 is 0 Å². The lowest BCUT2D eigenvalue weighted by Gasteiger charge is -2.10. The predicted molar refractivity (Wildman–Crippen MR) is 127 cm³/mol. The fourth-order valence-electron chi connectivity index (χ4n) is 3.18. The van der Waals surface area contributed by atoms with Crippen LogP contribution < -0.4 is 5.32 Å². The van der Waals surface area contributed by atoms with E-state index < -0.39 is 22.7 Å². The third kappa shape index (κ3) is 5.89. The summed E-state index contributed by atoms with van der Waals surface area (Å²) >= 11 is 6.58. The van der Waals surface area contributed by atoms with E-state index in [9.17, 15) is 22.8 Å². The van der Waals surface area contributed by atoms with Gasteiger partial charge < -0.3 is 5.32 Å². The number of carbonyl (C=O) groups excluding carboxylic acids is 2. The fourth-order valence-corrected chi connectivity index (χ4v) is 4.26. The summed E-state index contributed by atoms with van der Waals surface area (Å²) in [5.74, 6) is -1.55. The zero-order valence-electron chi connectivity index (χ0n) is 18.5. The molecule has 0 fully saturated rings. The highest BCUT2D eigenvalue weighted by atomic mass is 35.5. The van der Waals surface area contributed by atoms with E-state index in [0.717, 1.165) is 23.1 Å². The number of anilines is 1. The van der Waals surface area contributed by atoms with Crippen LogP contribution in [0.1, 0.15) is 50.0 Å². The van der Waals surface area contributed by atoms with E-state index in [1.54, 1.807) is 37.5 Å². The molecule has 0 aliphatic carbocycles. The van der Waals surface area contributed by atoms with Crippen molar-refractivity contribution in [3.8, 4) is 11.3 Å². The van der Waals surface area contributed by atoms with Gasteiger partial charge in [-0.3, -0.25) is 14.6 Å². The van der Waals surface area contributed by atoms with Gasteiger partial charge in [-0.15, -0.1) is 11.3 Å². The maximum Gasteiger partial charge on any atom is 0.418 e. The molecule has 0 spiro atoms. The monoisotopic (exact) mass is 532 g/mol. The third-order valence-corrected chi connectivity index (χ3v) is 6.52. The summed E-state index contributed by atoms with van der Waals surface area (Å²) in [5.41, 5.74) is 0.513. The summed E-state index contributed by atoms with van der Waals surface area (Å²) in [4.78, 5) is 45.6. The van der Waals surface area contributed by atoms with E-state index in [0.29, 0.717) is 16.8 Å². The Balaban J connectivity index is 1.43. The van der Waals surface area contributed by atoms with Gasteiger partial charge in [0.15, 0.2) is 5.78 Å². The molecule has 184 valence electrons. The first kappa shape index (κ1) is 25.3. The Morgan fingerprint density at radius 3 is 2.56 bits per heavy atom. The Hall–Kier alpha value is -3.77. The number of Topliss-reactive ketones (excluding diaryl/α,β-unsaturated/α-hetero) is 1. The van der Waals surface area contributed by atoms with Crippen molar-refractivity contribution < 1.29 is 22.8 Å². The summed E-state index contributed by atoms with van der Waals surface area (Å²) in [6.45, 7) is 1.78. The largest absolute Gasteiger partial charge is 0.418 e. The zero-order chi connectivity index (χ0) is 25.9. The van der Waals surface area contributed by atoms with Gasteiger partial charge in [0.1, 0.15) is 22.7 Å². The molecule has 0 aliphatic heterocycles. The van der Waals surface area contributed by atoms with Crippen molar-refractivity contribution in [2.24, 2.45) is 0 Å². The van der Waals surface area contributed by atoms with Crippen molar-refractivity contribution in [3.05, 3.63) is 81.5 Å². The first-order chi connectivity index (χ1) is 17.1. The topological polar surface area (TPSA) is 111 Å². The van der Waals surface area contributed by atoms with Crippen LogP contribution in [-0.4, -0.2) is 36.6 Å². The molecule has 1 atom stereocenters. The van der Waals surface area contributed by atoms with Gasteiger partial charge in [0.05, 0.1) is 27.5 Å².